The van der Waals surface area contributed by atoms with Gasteiger partial charge < -0.3 is 0 Å². The molecular weight excluding hydrogens is 254 g/mol. The largest absolute Gasteiger partial charge is 0.270 e. The van der Waals surface area contributed by atoms with Gasteiger partial charge in [-0.2, -0.15) is 0 Å². The molecule has 3 N–H and O–H groups in total. The van der Waals surface area contributed by atoms with E-state index in [9.17, 15) is 0 Å². The maximum absolute atomic E-state index is 5.82. The highest BCUT2D eigenvalue weighted by Crippen LogP contribution is 2.24. The van der Waals surface area contributed by atoms with Crippen LogP contribution in [0.2, 0.25) is 5.02 Å². The Morgan fingerprint density at radius 3 is 2.23 bits per heavy atom. The molecule has 0 saturated carbocycles. The first kappa shape index (κ1) is 15.8. The van der Waals surface area contributed by atoms with E-state index in [-0.39, 0.29) is 24.8 Å². The van der Waals surface area contributed by atoms with Crippen molar-refractivity contribution in [3.8, 4) is 0 Å². The van der Waals surface area contributed by atoms with Gasteiger partial charge >= 0.3 is 0 Å². The highest BCUT2D eigenvalue weighted by molar-refractivity contribution is 6.32. The van der Waals surface area contributed by atoms with Crippen LogP contribution in [0.25, 0.3) is 0 Å². The van der Waals surface area contributed by atoms with Crippen LogP contribution in [0.5, 0.6) is 0 Å². The Bertz CT molecular complexity index is 244. The third kappa shape index (κ3) is 4.36. The fourth-order valence-corrected chi connectivity index (χ4v) is 1.26. The van der Waals surface area contributed by atoms with Crippen LogP contribution in [0.15, 0.2) is 24.3 Å². The number of rotatable bonds is 2. The number of hydrazine groups is 1. The summed E-state index contributed by atoms with van der Waals surface area (Å²) < 4.78 is 0. The molecular formula is C7H10Cl4N2. The molecule has 2 nitrogen and oxygen atoms in total. The van der Waals surface area contributed by atoms with Gasteiger partial charge in [-0.3, -0.25) is 5.84 Å². The standard InChI is InChI=1S/C7H8Cl2N2.2ClH/c8-6-4-2-1-3-5(6)7(9)11-10;;/h1-4,7,11H,10H2;2*1H. The molecule has 6 heteroatoms. The lowest BCUT2D eigenvalue weighted by Gasteiger charge is -2.08. The summed E-state index contributed by atoms with van der Waals surface area (Å²) in [6.45, 7) is 0. The number of alkyl halides is 1. The van der Waals surface area contributed by atoms with Crippen LogP contribution < -0.4 is 11.3 Å². The van der Waals surface area contributed by atoms with Crippen LogP contribution in [0.3, 0.4) is 0 Å². The molecule has 0 bridgehead atoms. The minimum atomic E-state index is -0.427. The van der Waals surface area contributed by atoms with Crippen LogP contribution in [0.4, 0.5) is 0 Å². The average molecular weight is 264 g/mol. The van der Waals surface area contributed by atoms with Gasteiger partial charge in [-0.15, -0.1) is 24.8 Å². The summed E-state index contributed by atoms with van der Waals surface area (Å²) in [6, 6.07) is 7.28. The van der Waals surface area contributed by atoms with Gasteiger partial charge in [0.25, 0.3) is 0 Å². The minimum absolute atomic E-state index is 0. The number of hydrogen-bond donors (Lipinski definition) is 2. The van der Waals surface area contributed by atoms with Crippen LogP contribution >= 0.6 is 48.0 Å². The summed E-state index contributed by atoms with van der Waals surface area (Å²) in [7, 11) is 0. The highest BCUT2D eigenvalue weighted by atomic mass is 35.5. The monoisotopic (exact) mass is 262 g/mol. The normalized spacial score (nSPS) is 11.0. The van der Waals surface area contributed by atoms with Crippen molar-refractivity contribution < 1.29 is 0 Å². The van der Waals surface area contributed by atoms with Crippen LogP contribution in [0, 0.1) is 0 Å². The Morgan fingerprint density at radius 1 is 1.23 bits per heavy atom. The molecule has 1 rings (SSSR count). The predicted molar refractivity (Wildman–Crippen MR) is 61.9 cm³/mol. The van der Waals surface area contributed by atoms with Gasteiger partial charge in [0.1, 0.15) is 5.50 Å². The zero-order valence-electron chi connectivity index (χ0n) is 6.54. The lowest BCUT2D eigenvalue weighted by molar-refractivity contribution is 0.713. The summed E-state index contributed by atoms with van der Waals surface area (Å²) >= 11 is 11.6. The Labute approximate surface area is 99.6 Å². The summed E-state index contributed by atoms with van der Waals surface area (Å²) in [5, 5.41) is 0.616. The van der Waals surface area contributed by atoms with Crippen molar-refractivity contribution in [2.45, 2.75) is 5.50 Å². The second-order valence-corrected chi connectivity index (χ2v) is 2.89. The number of nitrogens with two attached hydrogens (primary N) is 1. The van der Waals surface area contributed by atoms with Crippen molar-refractivity contribution in [3.63, 3.8) is 0 Å². The number of benzene rings is 1. The molecule has 0 aromatic heterocycles. The Morgan fingerprint density at radius 2 is 1.77 bits per heavy atom. The van der Waals surface area contributed by atoms with Crippen molar-refractivity contribution in [2.24, 2.45) is 5.84 Å². The van der Waals surface area contributed by atoms with E-state index < -0.39 is 5.50 Å². The van der Waals surface area contributed by atoms with Crippen LogP contribution in [-0.2, 0) is 0 Å². The molecule has 13 heavy (non-hydrogen) atoms. The van der Waals surface area contributed by atoms with Crippen molar-refractivity contribution in [1.29, 1.82) is 0 Å². The topological polar surface area (TPSA) is 38.0 Å². The molecule has 1 atom stereocenters. The number of hydrogen-bond acceptors (Lipinski definition) is 2. The van der Waals surface area contributed by atoms with Gasteiger partial charge in [-0.05, 0) is 6.07 Å². The van der Waals surface area contributed by atoms with Gasteiger partial charge in [0, 0.05) is 10.6 Å². The SMILES string of the molecule is Cl.Cl.NNC(Cl)c1ccccc1Cl. The molecule has 1 aromatic carbocycles. The van der Waals surface area contributed by atoms with E-state index in [1.54, 1.807) is 6.07 Å². The van der Waals surface area contributed by atoms with E-state index in [2.05, 4.69) is 5.43 Å². The van der Waals surface area contributed by atoms with Gasteiger partial charge in [0.05, 0.1) is 0 Å². The fourth-order valence-electron chi connectivity index (χ4n) is 0.770. The third-order valence-electron chi connectivity index (χ3n) is 1.32. The number of nitrogens with one attached hydrogen (secondary N) is 1. The number of halogens is 4. The van der Waals surface area contributed by atoms with Crippen molar-refractivity contribution in [3.05, 3.63) is 34.9 Å². The Hall–Kier alpha value is 0.300. The van der Waals surface area contributed by atoms with Crippen molar-refractivity contribution in [1.82, 2.24) is 5.43 Å². The molecule has 0 radical (unpaired) electrons. The molecule has 0 amide bonds. The summed E-state index contributed by atoms with van der Waals surface area (Å²) in [6.07, 6.45) is 0. The molecule has 0 aliphatic heterocycles. The Kier molecular flexibility index (Phi) is 9.31. The van der Waals surface area contributed by atoms with E-state index in [0.717, 1.165) is 5.56 Å². The summed E-state index contributed by atoms with van der Waals surface area (Å²) in [5.74, 6) is 5.13. The first-order valence-corrected chi connectivity index (χ1v) is 3.91. The van der Waals surface area contributed by atoms with Gasteiger partial charge in [-0.25, -0.2) is 5.43 Å². The van der Waals surface area contributed by atoms with Gasteiger partial charge in [0.2, 0.25) is 0 Å². The quantitative estimate of drug-likeness (QED) is 0.373. The molecule has 0 fully saturated rings. The molecule has 0 spiro atoms. The second kappa shape index (κ2) is 7.68. The van der Waals surface area contributed by atoms with E-state index in [1.807, 2.05) is 18.2 Å². The maximum atomic E-state index is 5.82. The van der Waals surface area contributed by atoms with E-state index >= 15 is 0 Å². The van der Waals surface area contributed by atoms with Crippen LogP contribution in [-0.4, -0.2) is 0 Å². The first-order chi connectivity index (χ1) is 5.25. The van der Waals surface area contributed by atoms with E-state index in [1.165, 1.54) is 0 Å². The molecule has 0 aliphatic carbocycles. The smallest absolute Gasteiger partial charge is 0.122 e. The molecule has 0 saturated heterocycles. The summed E-state index contributed by atoms with van der Waals surface area (Å²) in [5.41, 5.74) is 2.77. The molecule has 0 heterocycles. The summed E-state index contributed by atoms with van der Waals surface area (Å²) in [4.78, 5) is 0. The lowest BCUT2D eigenvalue weighted by atomic mass is 10.2. The second-order valence-electron chi connectivity index (χ2n) is 2.05. The molecule has 1 aromatic rings. The van der Waals surface area contributed by atoms with Crippen molar-refractivity contribution >= 4 is 48.0 Å². The zero-order chi connectivity index (χ0) is 8.27. The van der Waals surface area contributed by atoms with Gasteiger partial charge in [0.15, 0.2) is 0 Å². The Balaban J connectivity index is 0. The van der Waals surface area contributed by atoms with Gasteiger partial charge in [-0.1, -0.05) is 41.4 Å². The average Bonchev–Trinajstić information content (AvgIpc) is 2.04. The highest BCUT2D eigenvalue weighted by Gasteiger charge is 2.07. The maximum Gasteiger partial charge on any atom is 0.122 e. The van der Waals surface area contributed by atoms with E-state index in [4.69, 9.17) is 29.0 Å². The van der Waals surface area contributed by atoms with E-state index in [0.29, 0.717) is 5.02 Å². The molecule has 76 valence electrons. The molecule has 1 unspecified atom stereocenters. The van der Waals surface area contributed by atoms with Crippen LogP contribution in [0.1, 0.15) is 11.1 Å². The zero-order valence-corrected chi connectivity index (χ0v) is 9.68. The minimum Gasteiger partial charge on any atom is -0.270 e. The third-order valence-corrected chi connectivity index (χ3v) is 2.03. The first-order valence-electron chi connectivity index (χ1n) is 3.10. The predicted octanol–water partition coefficient (Wildman–Crippen LogP) is 2.88. The molecule has 0 aliphatic rings. The van der Waals surface area contributed by atoms with Crippen molar-refractivity contribution in [2.75, 3.05) is 0 Å². The fraction of sp³-hybridized carbons (Fsp3) is 0.143. The lowest BCUT2D eigenvalue weighted by Crippen LogP contribution is -2.24.